The van der Waals surface area contributed by atoms with Gasteiger partial charge in [0.15, 0.2) is 0 Å². The number of sulfonamides is 2. The Balaban J connectivity index is 2.62. The van der Waals surface area contributed by atoms with Gasteiger partial charge in [0.2, 0.25) is 0 Å². The first-order chi connectivity index (χ1) is 10.3. The molecule has 0 unspecified atom stereocenters. The summed E-state index contributed by atoms with van der Waals surface area (Å²) in [4.78, 5) is -0.189. The van der Waals surface area contributed by atoms with E-state index in [1.165, 1.54) is 62.6 Å². The molecule has 2 aromatic rings. The topological polar surface area (TPSA) is 74.8 Å². The largest absolute Gasteiger partial charge is 0.269 e. The van der Waals surface area contributed by atoms with Crippen LogP contribution in [-0.2, 0) is 20.0 Å². The minimum absolute atomic E-state index is 0.0943. The summed E-state index contributed by atoms with van der Waals surface area (Å²) in [6.45, 7) is 0. The predicted molar refractivity (Wildman–Crippen MR) is 82.8 cm³/mol. The van der Waals surface area contributed by atoms with Gasteiger partial charge in [-0.05, 0) is 28.1 Å². The van der Waals surface area contributed by atoms with E-state index in [0.29, 0.717) is 3.82 Å². The lowest BCUT2D eigenvalue weighted by Gasteiger charge is -2.27. The van der Waals surface area contributed by atoms with Crippen molar-refractivity contribution in [2.45, 2.75) is 9.79 Å². The van der Waals surface area contributed by atoms with Crippen molar-refractivity contribution in [2.24, 2.45) is 0 Å². The number of hydrazine groups is 1. The smallest absolute Gasteiger partial charge is 0.219 e. The van der Waals surface area contributed by atoms with Gasteiger partial charge in [0.25, 0.3) is 20.0 Å². The summed E-state index contributed by atoms with van der Waals surface area (Å²) in [7, 11) is -5.75. The number of nitrogens with zero attached hydrogens (tertiary/aromatic N) is 2. The Bertz CT molecular complexity index is 763. The highest BCUT2D eigenvalue weighted by Crippen LogP contribution is 2.24. The van der Waals surface area contributed by atoms with E-state index in [9.17, 15) is 16.8 Å². The van der Waals surface area contributed by atoms with Crippen LogP contribution in [0, 0.1) is 0 Å². The Hall–Kier alpha value is -1.74. The Morgan fingerprint density at radius 2 is 0.955 bits per heavy atom. The summed E-state index contributed by atoms with van der Waals surface area (Å²) >= 11 is 0. The second-order valence-electron chi connectivity index (χ2n) is 4.66. The number of benzene rings is 2. The average molecular weight is 340 g/mol. The van der Waals surface area contributed by atoms with E-state index in [0.717, 1.165) is 5.01 Å². The summed E-state index contributed by atoms with van der Waals surface area (Å²) in [6.07, 6.45) is 0. The molecule has 0 heterocycles. The van der Waals surface area contributed by atoms with E-state index >= 15 is 0 Å². The van der Waals surface area contributed by atoms with E-state index < -0.39 is 20.0 Å². The fourth-order valence-corrected chi connectivity index (χ4v) is 5.70. The maximum atomic E-state index is 12.7. The minimum Gasteiger partial charge on any atom is -0.219 e. The van der Waals surface area contributed by atoms with E-state index in [1.54, 1.807) is 12.1 Å². The van der Waals surface area contributed by atoms with Crippen LogP contribution in [0.3, 0.4) is 0 Å². The molecule has 0 aliphatic rings. The normalized spacial score (nSPS) is 12.7. The Labute approximate surface area is 130 Å². The number of hydrogen-bond donors (Lipinski definition) is 0. The molecule has 0 fully saturated rings. The van der Waals surface area contributed by atoms with Crippen LogP contribution in [0.25, 0.3) is 0 Å². The monoisotopic (exact) mass is 340 g/mol. The Morgan fingerprint density at radius 3 is 1.23 bits per heavy atom. The van der Waals surface area contributed by atoms with Crippen LogP contribution in [0.4, 0.5) is 0 Å². The fraction of sp³-hybridized carbons (Fsp3) is 0.143. The zero-order valence-corrected chi connectivity index (χ0v) is 13.8. The molecule has 0 N–H and O–H groups in total. The quantitative estimate of drug-likeness (QED) is 0.772. The van der Waals surface area contributed by atoms with E-state index in [2.05, 4.69) is 0 Å². The Morgan fingerprint density at radius 1 is 0.636 bits per heavy atom. The molecule has 22 heavy (non-hydrogen) atoms. The summed E-state index contributed by atoms with van der Waals surface area (Å²) < 4.78 is 51.2. The average Bonchev–Trinajstić information content (AvgIpc) is 2.48. The third-order valence-corrected chi connectivity index (χ3v) is 7.21. The third-order valence-electron chi connectivity index (χ3n) is 2.82. The zero-order valence-electron chi connectivity index (χ0n) is 12.1. The first-order valence-corrected chi connectivity index (χ1v) is 9.24. The molecule has 2 rings (SSSR count). The van der Waals surface area contributed by atoms with Crippen LogP contribution in [0.2, 0.25) is 0 Å². The van der Waals surface area contributed by atoms with Gasteiger partial charge in [0, 0.05) is 14.1 Å². The molecule has 0 saturated heterocycles. The van der Waals surface area contributed by atoms with Crippen molar-refractivity contribution in [2.75, 3.05) is 14.1 Å². The molecule has 0 aliphatic heterocycles. The molecular weight excluding hydrogens is 324 g/mol. The van der Waals surface area contributed by atoms with Crippen LogP contribution in [-0.4, -0.2) is 39.8 Å². The van der Waals surface area contributed by atoms with Crippen molar-refractivity contribution in [1.29, 1.82) is 0 Å². The molecule has 0 aromatic heterocycles. The first-order valence-electron chi connectivity index (χ1n) is 6.36. The molecule has 0 bridgehead atoms. The number of hydrogen-bond acceptors (Lipinski definition) is 5. The lowest BCUT2D eigenvalue weighted by atomic mass is 10.4. The highest BCUT2D eigenvalue weighted by Gasteiger charge is 2.38. The summed E-state index contributed by atoms with van der Waals surface area (Å²) in [5.74, 6) is 0. The van der Waals surface area contributed by atoms with Crippen molar-refractivity contribution in [3.05, 3.63) is 60.7 Å². The Kier molecular flexibility index (Phi) is 4.66. The molecule has 0 saturated carbocycles. The fourth-order valence-electron chi connectivity index (χ4n) is 1.92. The van der Waals surface area contributed by atoms with Gasteiger partial charge in [-0.25, -0.2) is 21.8 Å². The predicted octanol–water partition coefficient (Wildman–Crippen LogP) is 1.54. The van der Waals surface area contributed by atoms with Gasteiger partial charge in [-0.3, -0.25) is 0 Å². The summed E-state index contributed by atoms with van der Waals surface area (Å²) in [5, 5.41) is 1.03. The summed E-state index contributed by atoms with van der Waals surface area (Å²) in [5.41, 5.74) is 0. The van der Waals surface area contributed by atoms with Crippen LogP contribution >= 0.6 is 0 Å². The second kappa shape index (κ2) is 6.17. The van der Waals surface area contributed by atoms with Crippen LogP contribution in [0.1, 0.15) is 0 Å². The molecule has 0 radical (unpaired) electrons. The van der Waals surface area contributed by atoms with E-state index in [4.69, 9.17) is 0 Å². The van der Waals surface area contributed by atoms with Gasteiger partial charge < -0.3 is 0 Å². The highest BCUT2D eigenvalue weighted by molar-refractivity contribution is 8.04. The van der Waals surface area contributed by atoms with Crippen molar-refractivity contribution in [3.63, 3.8) is 0 Å². The standard InChI is InChI=1S/C14H16N2O4S2/c1-15(2)16(21(17,18)13-9-5-3-6-10-13)22(19,20)14-11-7-4-8-12-14/h3-12H,1-2H3. The van der Waals surface area contributed by atoms with Crippen LogP contribution < -0.4 is 0 Å². The maximum absolute atomic E-state index is 12.7. The molecule has 6 nitrogen and oxygen atoms in total. The molecule has 8 heteroatoms. The van der Waals surface area contributed by atoms with Crippen molar-refractivity contribution < 1.29 is 16.8 Å². The molecule has 118 valence electrons. The van der Waals surface area contributed by atoms with Gasteiger partial charge in [0.1, 0.15) is 0 Å². The maximum Gasteiger partial charge on any atom is 0.269 e. The van der Waals surface area contributed by atoms with E-state index in [1.807, 2.05) is 0 Å². The lowest BCUT2D eigenvalue weighted by molar-refractivity contribution is 0.222. The van der Waals surface area contributed by atoms with Gasteiger partial charge in [-0.2, -0.15) is 0 Å². The van der Waals surface area contributed by atoms with Gasteiger partial charge in [-0.1, -0.05) is 36.4 Å². The van der Waals surface area contributed by atoms with Crippen molar-refractivity contribution in [1.82, 2.24) is 8.83 Å². The minimum atomic E-state index is -4.23. The zero-order chi connectivity index (χ0) is 16.4. The first kappa shape index (κ1) is 16.6. The molecule has 0 atom stereocenters. The van der Waals surface area contributed by atoms with Crippen molar-refractivity contribution in [3.8, 4) is 0 Å². The molecular formula is C14H16N2O4S2. The van der Waals surface area contributed by atoms with Gasteiger partial charge in [-0.15, -0.1) is 0 Å². The number of rotatable bonds is 5. The highest BCUT2D eigenvalue weighted by atomic mass is 32.3. The molecule has 2 aromatic carbocycles. The van der Waals surface area contributed by atoms with Gasteiger partial charge in [0.05, 0.1) is 9.79 Å². The molecule has 0 aliphatic carbocycles. The van der Waals surface area contributed by atoms with Gasteiger partial charge >= 0.3 is 0 Å². The van der Waals surface area contributed by atoms with Crippen LogP contribution in [0.15, 0.2) is 70.5 Å². The second-order valence-corrected chi connectivity index (χ2v) is 8.43. The molecule has 0 spiro atoms. The van der Waals surface area contributed by atoms with Crippen molar-refractivity contribution >= 4 is 20.0 Å². The molecule has 0 amide bonds. The van der Waals surface area contributed by atoms with Crippen LogP contribution in [0.5, 0.6) is 0 Å². The van der Waals surface area contributed by atoms with E-state index in [-0.39, 0.29) is 9.79 Å². The summed E-state index contributed by atoms with van der Waals surface area (Å²) in [6, 6.07) is 14.9. The third kappa shape index (κ3) is 3.05. The lowest BCUT2D eigenvalue weighted by Crippen LogP contribution is -2.45. The SMILES string of the molecule is CN(C)N(S(=O)(=O)c1ccccc1)S(=O)(=O)c1ccccc1.